The van der Waals surface area contributed by atoms with Gasteiger partial charge in [-0.1, -0.05) is 13.8 Å². The lowest BCUT2D eigenvalue weighted by Gasteiger charge is -2.26. The number of hydrogen-bond donors (Lipinski definition) is 1. The molecule has 4 heteroatoms. The van der Waals surface area contributed by atoms with Crippen LogP contribution >= 0.6 is 0 Å². The smallest absolute Gasteiger partial charge is 0.0701 e. The van der Waals surface area contributed by atoms with Crippen LogP contribution in [0.4, 0.5) is 0 Å². The van der Waals surface area contributed by atoms with Gasteiger partial charge in [-0.15, -0.1) is 0 Å². The van der Waals surface area contributed by atoms with Gasteiger partial charge >= 0.3 is 0 Å². The second-order valence-corrected chi connectivity index (χ2v) is 4.04. The minimum absolute atomic E-state index is 0.0586. The molecule has 0 aromatic heterocycles. The normalized spacial score (nSPS) is 12.0. The van der Waals surface area contributed by atoms with Crippen LogP contribution < -0.4 is 5.73 Å². The van der Waals surface area contributed by atoms with E-state index in [9.17, 15) is 0 Å². The molecule has 0 aliphatic carbocycles. The average Bonchev–Trinajstić information content (AvgIpc) is 2.32. The molecule has 0 heterocycles. The van der Waals surface area contributed by atoms with Crippen molar-refractivity contribution in [3.8, 4) is 0 Å². The summed E-state index contributed by atoms with van der Waals surface area (Å²) in [5, 5.41) is 0. The molecule has 0 radical (unpaired) electrons. The van der Waals surface area contributed by atoms with Gasteiger partial charge in [-0.25, -0.2) is 0 Å². The molecule has 0 aromatic carbocycles. The van der Waals surface area contributed by atoms with Crippen LogP contribution in [0.3, 0.4) is 0 Å². The van der Waals surface area contributed by atoms with Crippen molar-refractivity contribution in [2.75, 3.05) is 40.1 Å². The highest BCUT2D eigenvalue weighted by molar-refractivity contribution is 4.80. The molecular weight excluding hydrogens is 206 g/mol. The summed E-state index contributed by atoms with van der Waals surface area (Å²) in [4.78, 5) is 0. The van der Waals surface area contributed by atoms with Crippen molar-refractivity contribution in [1.29, 1.82) is 0 Å². The average molecular weight is 233 g/mol. The summed E-state index contributed by atoms with van der Waals surface area (Å²) in [5.74, 6) is 0. The maximum Gasteiger partial charge on any atom is 0.0701 e. The zero-order valence-electron chi connectivity index (χ0n) is 11.0. The number of methoxy groups -OCH3 is 1. The van der Waals surface area contributed by atoms with E-state index in [0.29, 0.717) is 33.0 Å². The Morgan fingerprint density at radius 1 is 0.875 bits per heavy atom. The van der Waals surface area contributed by atoms with Gasteiger partial charge in [0.1, 0.15) is 0 Å². The SMILES string of the molecule is CCC(N)(CC)CCOCCOCCOC. The second kappa shape index (κ2) is 10.0. The Labute approximate surface area is 99.4 Å². The molecule has 0 aliphatic heterocycles. The third-order valence-corrected chi connectivity index (χ3v) is 2.96. The van der Waals surface area contributed by atoms with E-state index < -0.39 is 0 Å². The molecule has 4 nitrogen and oxygen atoms in total. The minimum atomic E-state index is -0.0586. The van der Waals surface area contributed by atoms with Crippen LogP contribution in [0.1, 0.15) is 33.1 Å². The van der Waals surface area contributed by atoms with E-state index in [0.717, 1.165) is 19.3 Å². The molecule has 16 heavy (non-hydrogen) atoms. The maximum atomic E-state index is 6.15. The van der Waals surface area contributed by atoms with Crippen molar-refractivity contribution in [2.24, 2.45) is 5.73 Å². The molecule has 2 N–H and O–H groups in total. The van der Waals surface area contributed by atoms with Crippen LogP contribution in [0, 0.1) is 0 Å². The van der Waals surface area contributed by atoms with E-state index >= 15 is 0 Å². The van der Waals surface area contributed by atoms with Gasteiger partial charge in [0.05, 0.1) is 26.4 Å². The molecule has 0 unspecified atom stereocenters. The molecule has 0 saturated carbocycles. The van der Waals surface area contributed by atoms with E-state index in [1.165, 1.54) is 0 Å². The molecule has 0 saturated heterocycles. The summed E-state index contributed by atoms with van der Waals surface area (Å²) in [7, 11) is 1.66. The van der Waals surface area contributed by atoms with E-state index in [2.05, 4.69) is 13.8 Å². The van der Waals surface area contributed by atoms with E-state index in [4.69, 9.17) is 19.9 Å². The van der Waals surface area contributed by atoms with Gasteiger partial charge in [-0.05, 0) is 19.3 Å². The first kappa shape index (κ1) is 15.8. The largest absolute Gasteiger partial charge is 0.382 e. The first-order valence-corrected chi connectivity index (χ1v) is 6.12. The van der Waals surface area contributed by atoms with Crippen LogP contribution in [0.5, 0.6) is 0 Å². The molecule has 0 spiro atoms. The molecule has 0 aliphatic rings. The van der Waals surface area contributed by atoms with Gasteiger partial charge in [-0.2, -0.15) is 0 Å². The lowest BCUT2D eigenvalue weighted by Crippen LogP contribution is -2.39. The summed E-state index contributed by atoms with van der Waals surface area (Å²) < 4.78 is 15.6. The fourth-order valence-electron chi connectivity index (χ4n) is 1.34. The number of nitrogens with two attached hydrogens (primary N) is 1. The molecule has 0 atom stereocenters. The molecule has 0 bridgehead atoms. The van der Waals surface area contributed by atoms with Gasteiger partial charge < -0.3 is 19.9 Å². The summed E-state index contributed by atoms with van der Waals surface area (Å²) >= 11 is 0. The Bertz CT molecular complexity index is 149. The predicted octanol–water partition coefficient (Wildman–Crippen LogP) is 1.57. The van der Waals surface area contributed by atoms with Crippen molar-refractivity contribution in [1.82, 2.24) is 0 Å². The topological polar surface area (TPSA) is 53.7 Å². The Morgan fingerprint density at radius 2 is 1.38 bits per heavy atom. The first-order chi connectivity index (χ1) is 7.68. The van der Waals surface area contributed by atoms with Crippen molar-refractivity contribution in [3.63, 3.8) is 0 Å². The third kappa shape index (κ3) is 8.05. The van der Waals surface area contributed by atoms with E-state index in [-0.39, 0.29) is 5.54 Å². The van der Waals surface area contributed by atoms with Gasteiger partial charge in [0.2, 0.25) is 0 Å². The number of rotatable bonds is 11. The molecular formula is C12H27NO3. The van der Waals surface area contributed by atoms with Crippen molar-refractivity contribution >= 4 is 0 Å². The van der Waals surface area contributed by atoms with Crippen LogP contribution in [0.2, 0.25) is 0 Å². The third-order valence-electron chi connectivity index (χ3n) is 2.96. The second-order valence-electron chi connectivity index (χ2n) is 4.04. The highest BCUT2D eigenvalue weighted by atomic mass is 16.5. The van der Waals surface area contributed by atoms with Gasteiger partial charge in [0.25, 0.3) is 0 Å². The molecule has 0 aromatic rings. The van der Waals surface area contributed by atoms with E-state index in [1.54, 1.807) is 7.11 Å². The van der Waals surface area contributed by atoms with Crippen molar-refractivity contribution in [2.45, 2.75) is 38.6 Å². The van der Waals surface area contributed by atoms with Crippen LogP contribution in [-0.4, -0.2) is 45.7 Å². The van der Waals surface area contributed by atoms with Gasteiger partial charge in [-0.3, -0.25) is 0 Å². The van der Waals surface area contributed by atoms with Gasteiger partial charge in [0.15, 0.2) is 0 Å². The van der Waals surface area contributed by atoms with Crippen molar-refractivity contribution < 1.29 is 14.2 Å². The van der Waals surface area contributed by atoms with Gasteiger partial charge in [0, 0.05) is 19.3 Å². The number of ether oxygens (including phenoxy) is 3. The van der Waals surface area contributed by atoms with E-state index in [1.807, 2.05) is 0 Å². The highest BCUT2D eigenvalue weighted by Crippen LogP contribution is 2.15. The zero-order valence-corrected chi connectivity index (χ0v) is 11.0. The summed E-state index contributed by atoms with van der Waals surface area (Å²) in [6, 6.07) is 0. The lowest BCUT2D eigenvalue weighted by molar-refractivity contribution is 0.0204. The Kier molecular flexibility index (Phi) is 9.92. The molecule has 0 fully saturated rings. The Morgan fingerprint density at radius 3 is 1.88 bits per heavy atom. The summed E-state index contributed by atoms with van der Waals surface area (Å²) in [5.41, 5.74) is 6.09. The maximum absolute atomic E-state index is 6.15. The standard InChI is InChI=1S/C12H27NO3/c1-4-12(13,5-2)6-7-15-10-11-16-9-8-14-3/h4-11,13H2,1-3H3. The fourth-order valence-corrected chi connectivity index (χ4v) is 1.34. The molecule has 0 rings (SSSR count). The fraction of sp³-hybridized carbons (Fsp3) is 1.00. The summed E-state index contributed by atoms with van der Waals surface area (Å²) in [6.07, 6.45) is 2.91. The van der Waals surface area contributed by atoms with Crippen LogP contribution in [0.15, 0.2) is 0 Å². The Balaban J connectivity index is 3.26. The quantitative estimate of drug-likeness (QED) is 0.550. The molecule has 0 amide bonds. The lowest BCUT2D eigenvalue weighted by atomic mass is 9.91. The van der Waals surface area contributed by atoms with Crippen LogP contribution in [0.25, 0.3) is 0 Å². The minimum Gasteiger partial charge on any atom is -0.382 e. The first-order valence-electron chi connectivity index (χ1n) is 6.12. The zero-order chi connectivity index (χ0) is 12.3. The predicted molar refractivity (Wildman–Crippen MR) is 65.6 cm³/mol. The Hall–Kier alpha value is -0.160. The summed E-state index contributed by atoms with van der Waals surface area (Å²) in [6.45, 7) is 7.48. The van der Waals surface area contributed by atoms with Crippen molar-refractivity contribution in [3.05, 3.63) is 0 Å². The highest BCUT2D eigenvalue weighted by Gasteiger charge is 2.19. The monoisotopic (exact) mass is 233 g/mol. The van der Waals surface area contributed by atoms with Crippen LogP contribution in [-0.2, 0) is 14.2 Å². The molecule has 98 valence electrons. The number of hydrogen-bond acceptors (Lipinski definition) is 4.